The van der Waals surface area contributed by atoms with E-state index in [0.29, 0.717) is 10.2 Å². The Balaban J connectivity index is 1.74. The Kier molecular flexibility index (Phi) is 5.14. The molecule has 1 heterocycles. The van der Waals surface area contributed by atoms with Gasteiger partial charge in [0.1, 0.15) is 12.9 Å². The minimum absolute atomic E-state index is 0.0544. The van der Waals surface area contributed by atoms with E-state index < -0.39 is 18.7 Å². The van der Waals surface area contributed by atoms with E-state index in [-0.39, 0.29) is 29.1 Å². The number of alkyl halides is 2. The van der Waals surface area contributed by atoms with Gasteiger partial charge in [-0.15, -0.1) is 0 Å². The quantitative estimate of drug-likeness (QED) is 0.814. The molecule has 3 rings (SSSR count). The van der Waals surface area contributed by atoms with E-state index in [0.717, 1.165) is 19.2 Å². The minimum Gasteiger partial charge on any atom is -0.448 e. The van der Waals surface area contributed by atoms with Crippen LogP contribution in [-0.4, -0.2) is 33.5 Å². The number of nitrogens with one attached hydrogen (secondary N) is 1. The summed E-state index contributed by atoms with van der Waals surface area (Å²) in [5, 5.41) is 6.40. The first-order valence-electron chi connectivity index (χ1n) is 7.62. The van der Waals surface area contributed by atoms with Crippen LogP contribution in [0.4, 0.5) is 13.6 Å². The molecule has 1 fully saturated rings. The first-order chi connectivity index (χ1) is 12.0. The van der Waals surface area contributed by atoms with Crippen LogP contribution in [0.15, 0.2) is 24.5 Å². The normalized spacial score (nSPS) is 15.2. The summed E-state index contributed by atoms with van der Waals surface area (Å²) in [5.41, 5.74) is 6.87. The van der Waals surface area contributed by atoms with Crippen LogP contribution in [-0.2, 0) is 4.74 Å². The fourth-order valence-corrected chi connectivity index (χ4v) is 2.43. The van der Waals surface area contributed by atoms with Crippen molar-refractivity contribution in [3.63, 3.8) is 0 Å². The second kappa shape index (κ2) is 7.32. The van der Waals surface area contributed by atoms with Crippen molar-refractivity contribution in [1.29, 1.82) is 0 Å². The van der Waals surface area contributed by atoms with Crippen LogP contribution in [0.3, 0.4) is 0 Å². The molecule has 0 aliphatic heterocycles. The Morgan fingerprint density at radius 1 is 1.48 bits per heavy atom. The number of ether oxygens (including phenoxy) is 1. The lowest BCUT2D eigenvalue weighted by Crippen LogP contribution is -2.29. The number of nitrogens with two attached hydrogens (primary N) is 1. The number of hydrogen-bond acceptors (Lipinski definition) is 5. The van der Waals surface area contributed by atoms with Gasteiger partial charge in [-0.05, 0) is 30.5 Å². The van der Waals surface area contributed by atoms with Crippen molar-refractivity contribution in [2.24, 2.45) is 5.73 Å². The standard InChI is InChI=1S/C15H16ClF2N5O2/c16-11-4-1-8(12(19)6-25-15(24)22-9-2-3-9)5-10(11)13-20-7-21-23(13)14(17)18/h1,4-5,7,9,12,14H,2-3,6,19H2,(H,22,24). The molecule has 0 bridgehead atoms. The van der Waals surface area contributed by atoms with Crippen LogP contribution in [0.1, 0.15) is 31.0 Å². The second-order valence-corrected chi connectivity index (χ2v) is 6.08. The predicted octanol–water partition coefficient (Wildman–Crippen LogP) is 2.88. The first kappa shape index (κ1) is 17.6. The molecule has 1 aromatic heterocycles. The number of hydrogen-bond donors (Lipinski definition) is 2. The number of nitrogens with zero attached hydrogens (tertiary/aromatic N) is 3. The first-order valence-corrected chi connectivity index (χ1v) is 8.00. The zero-order chi connectivity index (χ0) is 18.0. The molecule has 2 aromatic rings. The highest BCUT2D eigenvalue weighted by Gasteiger charge is 2.24. The lowest BCUT2D eigenvalue weighted by atomic mass is 10.0. The van der Waals surface area contributed by atoms with Crippen LogP contribution < -0.4 is 11.1 Å². The molecule has 3 N–H and O–H groups in total. The fraction of sp³-hybridized carbons (Fsp3) is 0.400. The number of carbonyl (C=O) groups is 1. The average Bonchev–Trinajstić information content (AvgIpc) is 3.24. The third-order valence-electron chi connectivity index (χ3n) is 3.71. The van der Waals surface area contributed by atoms with Crippen molar-refractivity contribution < 1.29 is 18.3 Å². The molecule has 1 amide bonds. The molecule has 1 atom stereocenters. The van der Waals surface area contributed by atoms with Crippen molar-refractivity contribution in [2.45, 2.75) is 31.5 Å². The Bertz CT molecular complexity index is 766. The van der Waals surface area contributed by atoms with Gasteiger partial charge < -0.3 is 15.8 Å². The number of aromatic nitrogens is 3. The van der Waals surface area contributed by atoms with Gasteiger partial charge in [0.15, 0.2) is 5.82 Å². The third-order valence-corrected chi connectivity index (χ3v) is 4.04. The summed E-state index contributed by atoms with van der Waals surface area (Å²) in [5.74, 6) is -0.0681. The Hall–Kier alpha value is -2.26. The Labute approximate surface area is 147 Å². The number of carbonyl (C=O) groups excluding carboxylic acids is 1. The average molecular weight is 372 g/mol. The third kappa shape index (κ3) is 4.23. The lowest BCUT2D eigenvalue weighted by Gasteiger charge is -2.15. The largest absolute Gasteiger partial charge is 0.448 e. The zero-order valence-corrected chi connectivity index (χ0v) is 13.8. The SMILES string of the molecule is NC(COC(=O)NC1CC1)c1ccc(Cl)c(-c2ncnn2C(F)F)c1. The molecule has 25 heavy (non-hydrogen) atoms. The summed E-state index contributed by atoms with van der Waals surface area (Å²) in [7, 11) is 0. The number of halogens is 3. The van der Waals surface area contributed by atoms with Gasteiger partial charge in [0.2, 0.25) is 0 Å². The Morgan fingerprint density at radius 2 is 2.24 bits per heavy atom. The summed E-state index contributed by atoms with van der Waals surface area (Å²) < 4.78 is 31.5. The summed E-state index contributed by atoms with van der Waals surface area (Å²) in [6, 6.07) is 4.26. The van der Waals surface area contributed by atoms with Crippen molar-refractivity contribution in [2.75, 3.05) is 6.61 Å². The zero-order valence-electron chi connectivity index (χ0n) is 13.0. The van der Waals surface area contributed by atoms with E-state index >= 15 is 0 Å². The van der Waals surface area contributed by atoms with E-state index in [2.05, 4.69) is 15.4 Å². The number of benzene rings is 1. The van der Waals surface area contributed by atoms with Gasteiger partial charge in [0, 0.05) is 11.6 Å². The smallest absolute Gasteiger partial charge is 0.407 e. The molecule has 0 spiro atoms. The molecule has 0 saturated heterocycles. The van der Waals surface area contributed by atoms with E-state index in [1.165, 1.54) is 12.1 Å². The molecule has 1 unspecified atom stereocenters. The van der Waals surface area contributed by atoms with Crippen LogP contribution in [0.2, 0.25) is 5.02 Å². The van der Waals surface area contributed by atoms with Crippen molar-refractivity contribution >= 4 is 17.7 Å². The van der Waals surface area contributed by atoms with Crippen LogP contribution in [0.25, 0.3) is 11.4 Å². The molecule has 1 aromatic carbocycles. The summed E-state index contributed by atoms with van der Waals surface area (Å²) in [6.45, 7) is -2.90. The topological polar surface area (TPSA) is 95.1 Å². The molecule has 1 aliphatic rings. The maximum absolute atomic E-state index is 13.0. The van der Waals surface area contributed by atoms with E-state index in [9.17, 15) is 13.6 Å². The molecule has 10 heteroatoms. The monoisotopic (exact) mass is 371 g/mol. The molecule has 1 saturated carbocycles. The molecule has 0 radical (unpaired) electrons. The molecule has 7 nitrogen and oxygen atoms in total. The number of rotatable bonds is 6. The van der Waals surface area contributed by atoms with Gasteiger partial charge in [-0.2, -0.15) is 18.6 Å². The van der Waals surface area contributed by atoms with Gasteiger partial charge in [0.05, 0.1) is 11.1 Å². The summed E-state index contributed by atoms with van der Waals surface area (Å²) in [4.78, 5) is 15.4. The summed E-state index contributed by atoms with van der Waals surface area (Å²) in [6.07, 6.45) is 2.40. The molecule has 1 aliphatic carbocycles. The number of amides is 1. The van der Waals surface area contributed by atoms with Crippen molar-refractivity contribution in [1.82, 2.24) is 20.1 Å². The van der Waals surface area contributed by atoms with Gasteiger partial charge in [0.25, 0.3) is 0 Å². The minimum atomic E-state index is -2.85. The van der Waals surface area contributed by atoms with Crippen molar-refractivity contribution in [3.8, 4) is 11.4 Å². The van der Waals surface area contributed by atoms with Gasteiger partial charge in [-0.1, -0.05) is 17.7 Å². The highest BCUT2D eigenvalue weighted by Crippen LogP contribution is 2.30. The number of alkyl carbamates (subject to hydrolysis) is 1. The van der Waals surface area contributed by atoms with Crippen LogP contribution in [0.5, 0.6) is 0 Å². The maximum Gasteiger partial charge on any atom is 0.407 e. The van der Waals surface area contributed by atoms with E-state index in [1.807, 2.05) is 0 Å². The van der Waals surface area contributed by atoms with Crippen LogP contribution >= 0.6 is 11.6 Å². The van der Waals surface area contributed by atoms with E-state index in [1.54, 1.807) is 6.07 Å². The van der Waals surface area contributed by atoms with Crippen molar-refractivity contribution in [3.05, 3.63) is 35.1 Å². The van der Waals surface area contributed by atoms with Crippen LogP contribution in [0, 0.1) is 0 Å². The molecule has 134 valence electrons. The highest BCUT2D eigenvalue weighted by atomic mass is 35.5. The fourth-order valence-electron chi connectivity index (χ4n) is 2.23. The van der Waals surface area contributed by atoms with Gasteiger partial charge in [-0.25, -0.2) is 9.78 Å². The van der Waals surface area contributed by atoms with Gasteiger partial charge >= 0.3 is 12.6 Å². The molecular formula is C15H16ClF2N5O2. The Morgan fingerprint density at radius 3 is 2.92 bits per heavy atom. The van der Waals surface area contributed by atoms with Gasteiger partial charge in [-0.3, -0.25) is 0 Å². The van der Waals surface area contributed by atoms with E-state index in [4.69, 9.17) is 22.1 Å². The highest BCUT2D eigenvalue weighted by molar-refractivity contribution is 6.33. The molecular weight excluding hydrogens is 356 g/mol. The summed E-state index contributed by atoms with van der Waals surface area (Å²) >= 11 is 6.10. The second-order valence-electron chi connectivity index (χ2n) is 5.67. The lowest BCUT2D eigenvalue weighted by molar-refractivity contribution is 0.0582. The maximum atomic E-state index is 13.0. The predicted molar refractivity (Wildman–Crippen MR) is 86.2 cm³/mol.